The lowest BCUT2D eigenvalue weighted by Gasteiger charge is -2.11. The van der Waals surface area contributed by atoms with Crippen LogP contribution in [0.15, 0.2) is 30.0 Å². The molecule has 0 aliphatic heterocycles. The second kappa shape index (κ2) is 7.70. The molecule has 98 valence electrons. The van der Waals surface area contributed by atoms with Crippen molar-refractivity contribution in [2.24, 2.45) is 0 Å². The van der Waals surface area contributed by atoms with Crippen LogP contribution in [0.4, 0.5) is 10.1 Å². The molecular formula is C13H12FN3O2. The summed E-state index contributed by atoms with van der Waals surface area (Å²) in [7, 11) is 1.54. The summed E-state index contributed by atoms with van der Waals surface area (Å²) in [4.78, 5) is 0. The number of rotatable bonds is 6. The molecule has 0 unspecified atom stereocenters. The Morgan fingerprint density at radius 3 is 2.74 bits per heavy atom. The van der Waals surface area contributed by atoms with Gasteiger partial charge < -0.3 is 14.8 Å². The van der Waals surface area contributed by atoms with E-state index in [1.165, 1.54) is 24.4 Å². The zero-order valence-corrected chi connectivity index (χ0v) is 10.3. The third kappa shape index (κ3) is 4.66. The lowest BCUT2D eigenvalue weighted by Crippen LogP contribution is -2.06. The molecule has 0 bridgehead atoms. The van der Waals surface area contributed by atoms with E-state index in [1.54, 1.807) is 19.2 Å². The van der Waals surface area contributed by atoms with Crippen molar-refractivity contribution in [1.82, 2.24) is 0 Å². The van der Waals surface area contributed by atoms with Gasteiger partial charge in [0.2, 0.25) is 0 Å². The van der Waals surface area contributed by atoms with Crippen molar-refractivity contribution in [3.8, 4) is 17.9 Å². The molecule has 0 radical (unpaired) electrons. The maximum Gasteiger partial charge on any atom is 0.145 e. The van der Waals surface area contributed by atoms with Gasteiger partial charge in [-0.3, -0.25) is 0 Å². The summed E-state index contributed by atoms with van der Waals surface area (Å²) in [6.45, 7) is 0.707. The van der Waals surface area contributed by atoms with E-state index in [9.17, 15) is 4.39 Å². The molecule has 6 heteroatoms. The number of halogens is 1. The van der Waals surface area contributed by atoms with E-state index in [4.69, 9.17) is 20.0 Å². The summed E-state index contributed by atoms with van der Waals surface area (Å²) < 4.78 is 23.4. The Morgan fingerprint density at radius 2 is 2.11 bits per heavy atom. The van der Waals surface area contributed by atoms with Gasteiger partial charge in [-0.05, 0) is 12.1 Å². The number of hydrogen-bond donors (Lipinski definition) is 1. The molecule has 1 rings (SSSR count). The van der Waals surface area contributed by atoms with Gasteiger partial charge >= 0.3 is 0 Å². The van der Waals surface area contributed by atoms with E-state index in [-0.39, 0.29) is 5.57 Å². The van der Waals surface area contributed by atoms with Crippen LogP contribution < -0.4 is 10.1 Å². The van der Waals surface area contributed by atoms with Crippen LogP contribution in [0.5, 0.6) is 5.75 Å². The summed E-state index contributed by atoms with van der Waals surface area (Å²) in [6.07, 6.45) is 1.19. The minimum atomic E-state index is -0.453. The van der Waals surface area contributed by atoms with Crippen molar-refractivity contribution in [3.05, 3.63) is 35.8 Å². The summed E-state index contributed by atoms with van der Waals surface area (Å²) in [5.41, 5.74) is 0.214. The van der Waals surface area contributed by atoms with E-state index in [0.29, 0.717) is 24.7 Å². The number of anilines is 1. The van der Waals surface area contributed by atoms with Crippen LogP contribution >= 0.6 is 0 Å². The third-order valence-electron chi connectivity index (χ3n) is 2.10. The maximum atomic E-state index is 13.2. The number of methoxy groups -OCH3 is 1. The van der Waals surface area contributed by atoms with Crippen molar-refractivity contribution < 1.29 is 13.9 Å². The Bertz CT molecular complexity index is 528. The van der Waals surface area contributed by atoms with Crippen molar-refractivity contribution in [2.75, 3.05) is 25.6 Å². The molecule has 0 spiro atoms. The minimum Gasteiger partial charge on any atom is -0.489 e. The van der Waals surface area contributed by atoms with Gasteiger partial charge in [0.1, 0.15) is 35.9 Å². The highest BCUT2D eigenvalue weighted by Crippen LogP contribution is 2.25. The van der Waals surface area contributed by atoms with Crippen LogP contribution in [-0.4, -0.2) is 20.3 Å². The fourth-order valence-electron chi connectivity index (χ4n) is 1.22. The van der Waals surface area contributed by atoms with Crippen molar-refractivity contribution in [1.29, 1.82) is 10.5 Å². The molecule has 1 N–H and O–H groups in total. The largest absolute Gasteiger partial charge is 0.489 e. The minimum absolute atomic E-state index is 0.118. The summed E-state index contributed by atoms with van der Waals surface area (Å²) in [5, 5.41) is 19.9. The van der Waals surface area contributed by atoms with Crippen LogP contribution in [0.3, 0.4) is 0 Å². The highest BCUT2D eigenvalue weighted by molar-refractivity contribution is 5.59. The Labute approximate surface area is 110 Å². The third-order valence-corrected chi connectivity index (χ3v) is 2.10. The second-order valence-electron chi connectivity index (χ2n) is 3.41. The molecule has 0 saturated carbocycles. The molecule has 0 atom stereocenters. The highest BCUT2D eigenvalue weighted by Gasteiger charge is 2.05. The van der Waals surface area contributed by atoms with E-state index in [1.807, 2.05) is 0 Å². The normalized spacial score (nSPS) is 9.05. The SMILES string of the molecule is COCCOc1ccc(F)cc1NC=C(C#N)C#N. The molecule has 5 nitrogen and oxygen atoms in total. The monoisotopic (exact) mass is 261 g/mol. The average Bonchev–Trinajstić information content (AvgIpc) is 2.42. The molecule has 19 heavy (non-hydrogen) atoms. The van der Waals surface area contributed by atoms with Gasteiger partial charge in [-0.1, -0.05) is 0 Å². The Kier molecular flexibility index (Phi) is 5.87. The quantitative estimate of drug-likeness (QED) is 0.627. The summed E-state index contributed by atoms with van der Waals surface area (Å²) >= 11 is 0. The second-order valence-corrected chi connectivity index (χ2v) is 3.41. The Morgan fingerprint density at radius 1 is 1.37 bits per heavy atom. The zero-order valence-electron chi connectivity index (χ0n) is 10.3. The molecule has 0 aromatic heterocycles. The lowest BCUT2D eigenvalue weighted by atomic mass is 10.2. The van der Waals surface area contributed by atoms with Crippen LogP contribution in [0.2, 0.25) is 0 Å². The van der Waals surface area contributed by atoms with E-state index >= 15 is 0 Å². The molecule has 0 aliphatic rings. The topological polar surface area (TPSA) is 78.1 Å². The van der Waals surface area contributed by atoms with Crippen molar-refractivity contribution >= 4 is 5.69 Å². The average molecular weight is 261 g/mol. The molecule has 0 fully saturated rings. The van der Waals surface area contributed by atoms with E-state index in [2.05, 4.69) is 5.32 Å². The first-order valence-electron chi connectivity index (χ1n) is 5.39. The van der Waals surface area contributed by atoms with Crippen LogP contribution in [0.25, 0.3) is 0 Å². The van der Waals surface area contributed by atoms with Gasteiger partial charge in [-0.15, -0.1) is 0 Å². The number of nitrogens with zero attached hydrogens (tertiary/aromatic N) is 2. The van der Waals surface area contributed by atoms with Gasteiger partial charge in [0, 0.05) is 19.4 Å². The first kappa shape index (κ1) is 14.5. The van der Waals surface area contributed by atoms with E-state index in [0.717, 1.165) is 0 Å². The first-order valence-corrected chi connectivity index (χ1v) is 5.39. The number of benzene rings is 1. The van der Waals surface area contributed by atoms with Gasteiger partial charge in [0.25, 0.3) is 0 Å². The predicted molar refractivity (Wildman–Crippen MR) is 66.7 cm³/mol. The fourth-order valence-corrected chi connectivity index (χ4v) is 1.22. The van der Waals surface area contributed by atoms with Crippen molar-refractivity contribution in [2.45, 2.75) is 0 Å². The number of nitrogens with one attached hydrogen (secondary N) is 1. The van der Waals surface area contributed by atoms with Gasteiger partial charge in [-0.25, -0.2) is 4.39 Å². The Balaban J connectivity index is 2.86. The zero-order chi connectivity index (χ0) is 14.1. The van der Waals surface area contributed by atoms with Crippen LogP contribution in [-0.2, 0) is 4.74 Å². The summed E-state index contributed by atoms with van der Waals surface area (Å²) in [5.74, 6) is -0.0459. The van der Waals surface area contributed by atoms with Crippen LogP contribution in [0, 0.1) is 28.5 Å². The highest BCUT2D eigenvalue weighted by atomic mass is 19.1. The number of hydrogen-bond acceptors (Lipinski definition) is 5. The number of allylic oxidation sites excluding steroid dienone is 1. The first-order chi connectivity index (χ1) is 9.21. The van der Waals surface area contributed by atoms with E-state index < -0.39 is 5.82 Å². The smallest absolute Gasteiger partial charge is 0.145 e. The predicted octanol–water partition coefficient (Wildman–Crippen LogP) is 2.19. The van der Waals surface area contributed by atoms with Crippen molar-refractivity contribution in [3.63, 3.8) is 0 Å². The molecule has 0 amide bonds. The fraction of sp³-hybridized carbons (Fsp3) is 0.231. The molecule has 0 heterocycles. The molecule has 1 aromatic carbocycles. The molecular weight excluding hydrogens is 249 g/mol. The van der Waals surface area contributed by atoms with Gasteiger partial charge in [0.15, 0.2) is 0 Å². The maximum absolute atomic E-state index is 13.2. The summed E-state index contributed by atoms with van der Waals surface area (Å²) in [6, 6.07) is 7.31. The molecule has 0 saturated heterocycles. The molecule has 1 aromatic rings. The Hall–Kier alpha value is -2.57. The van der Waals surface area contributed by atoms with Crippen LogP contribution in [0.1, 0.15) is 0 Å². The van der Waals surface area contributed by atoms with Gasteiger partial charge in [-0.2, -0.15) is 10.5 Å². The number of ether oxygens (including phenoxy) is 2. The standard InChI is InChI=1S/C13H12FN3O2/c1-18-4-5-19-13-3-2-11(14)6-12(13)17-9-10(7-15)8-16/h2-3,6,9,17H,4-5H2,1H3. The number of nitriles is 2. The molecule has 0 aliphatic carbocycles. The lowest BCUT2D eigenvalue weighted by molar-refractivity contribution is 0.146. The van der Waals surface area contributed by atoms with Gasteiger partial charge in [0.05, 0.1) is 12.3 Å².